The van der Waals surface area contributed by atoms with E-state index in [1.165, 1.54) is 0 Å². The molecule has 64 valence electrons. The van der Waals surface area contributed by atoms with Gasteiger partial charge in [-0.2, -0.15) is 0 Å². The number of hydrogen-bond donors (Lipinski definition) is 1. The van der Waals surface area contributed by atoms with Crippen molar-refractivity contribution in [3.8, 4) is 0 Å². The molecule has 1 amide bonds. The van der Waals surface area contributed by atoms with Crippen LogP contribution in [0.2, 0.25) is 0 Å². The van der Waals surface area contributed by atoms with Crippen molar-refractivity contribution in [2.24, 2.45) is 5.92 Å². The van der Waals surface area contributed by atoms with Gasteiger partial charge in [0.25, 0.3) is 0 Å². The largest absolute Gasteiger partial charge is 0.359 e. The van der Waals surface area contributed by atoms with Crippen molar-refractivity contribution in [1.29, 1.82) is 0 Å². The number of amides is 1. The van der Waals surface area contributed by atoms with Crippen LogP contribution in [0.4, 0.5) is 0 Å². The molecular weight excluding hydrogens is 138 g/mol. The second-order valence-corrected chi connectivity index (χ2v) is 2.69. The summed E-state index contributed by atoms with van der Waals surface area (Å²) in [5, 5.41) is 2.60. The molecule has 0 aliphatic rings. The van der Waals surface area contributed by atoms with E-state index in [2.05, 4.69) is 24.4 Å². The fourth-order valence-corrected chi connectivity index (χ4v) is 0.831. The van der Waals surface area contributed by atoms with Crippen LogP contribution in [-0.2, 0) is 4.79 Å². The van der Waals surface area contributed by atoms with E-state index in [0.717, 1.165) is 6.42 Å². The third kappa shape index (κ3) is 5.64. The molecule has 0 aliphatic heterocycles. The first-order valence-corrected chi connectivity index (χ1v) is 4.08. The Morgan fingerprint density at radius 3 is 2.73 bits per heavy atom. The average Bonchev–Trinajstić information content (AvgIpc) is 2.00. The summed E-state index contributed by atoms with van der Waals surface area (Å²) in [6.45, 7) is 4.13. The van der Waals surface area contributed by atoms with Crippen LogP contribution in [0.1, 0.15) is 26.7 Å². The van der Waals surface area contributed by atoms with Gasteiger partial charge in [0, 0.05) is 13.5 Å². The molecule has 0 spiro atoms. The average molecular weight is 155 g/mol. The Hall–Kier alpha value is -0.790. The SMILES string of the molecule is CC/C=C/[C@H](C)CC(=O)NC. The van der Waals surface area contributed by atoms with Gasteiger partial charge in [-0.25, -0.2) is 0 Å². The molecule has 0 aromatic rings. The van der Waals surface area contributed by atoms with E-state index < -0.39 is 0 Å². The van der Waals surface area contributed by atoms with Crippen LogP contribution in [0.5, 0.6) is 0 Å². The fraction of sp³-hybridized carbons (Fsp3) is 0.667. The highest BCUT2D eigenvalue weighted by Crippen LogP contribution is 2.03. The maximum absolute atomic E-state index is 10.8. The molecule has 0 rings (SSSR count). The summed E-state index contributed by atoms with van der Waals surface area (Å²) in [4.78, 5) is 10.8. The summed E-state index contributed by atoms with van der Waals surface area (Å²) < 4.78 is 0. The number of allylic oxidation sites excluding steroid dienone is 2. The van der Waals surface area contributed by atoms with Gasteiger partial charge in [-0.05, 0) is 12.3 Å². The third-order valence-corrected chi connectivity index (χ3v) is 1.49. The lowest BCUT2D eigenvalue weighted by atomic mass is 10.1. The molecule has 0 aliphatic carbocycles. The first kappa shape index (κ1) is 10.2. The number of nitrogens with one attached hydrogen (secondary N) is 1. The second kappa shape index (κ2) is 5.96. The normalized spacial score (nSPS) is 13.4. The minimum atomic E-state index is 0.109. The van der Waals surface area contributed by atoms with Gasteiger partial charge in [0.1, 0.15) is 0 Å². The molecular formula is C9H17NO. The Kier molecular flexibility index (Phi) is 5.53. The van der Waals surface area contributed by atoms with Crippen molar-refractivity contribution >= 4 is 5.91 Å². The summed E-state index contributed by atoms with van der Waals surface area (Å²) in [7, 11) is 1.67. The lowest BCUT2D eigenvalue weighted by molar-refractivity contribution is -0.121. The molecule has 2 heteroatoms. The van der Waals surface area contributed by atoms with Gasteiger partial charge >= 0.3 is 0 Å². The van der Waals surface area contributed by atoms with Crippen LogP contribution in [0.15, 0.2) is 12.2 Å². The Balaban J connectivity index is 3.59. The van der Waals surface area contributed by atoms with E-state index in [4.69, 9.17) is 0 Å². The van der Waals surface area contributed by atoms with Crippen LogP contribution < -0.4 is 5.32 Å². The number of hydrogen-bond acceptors (Lipinski definition) is 1. The molecule has 0 heterocycles. The number of rotatable bonds is 4. The van der Waals surface area contributed by atoms with E-state index in [1.54, 1.807) is 7.05 Å². The lowest BCUT2D eigenvalue weighted by Gasteiger charge is -2.03. The quantitative estimate of drug-likeness (QED) is 0.615. The summed E-state index contributed by atoms with van der Waals surface area (Å²) in [5.74, 6) is 0.466. The van der Waals surface area contributed by atoms with Gasteiger partial charge in [0.05, 0.1) is 0 Å². The van der Waals surface area contributed by atoms with Crippen molar-refractivity contribution in [2.45, 2.75) is 26.7 Å². The molecule has 0 unspecified atom stereocenters. The summed E-state index contributed by atoms with van der Waals surface area (Å²) in [5.41, 5.74) is 0. The summed E-state index contributed by atoms with van der Waals surface area (Å²) in [6.07, 6.45) is 5.80. The summed E-state index contributed by atoms with van der Waals surface area (Å²) in [6, 6.07) is 0. The van der Waals surface area contributed by atoms with Crippen molar-refractivity contribution in [3.05, 3.63) is 12.2 Å². The number of carbonyl (C=O) groups is 1. The number of carbonyl (C=O) groups excluding carboxylic acids is 1. The predicted octanol–water partition coefficient (Wildman–Crippen LogP) is 1.72. The second-order valence-electron chi connectivity index (χ2n) is 2.69. The molecule has 1 N–H and O–H groups in total. The molecule has 0 aromatic heterocycles. The third-order valence-electron chi connectivity index (χ3n) is 1.49. The van der Waals surface area contributed by atoms with Gasteiger partial charge in [-0.3, -0.25) is 4.79 Å². The zero-order valence-electron chi connectivity index (χ0n) is 7.55. The van der Waals surface area contributed by atoms with Gasteiger partial charge in [0.15, 0.2) is 0 Å². The monoisotopic (exact) mass is 155 g/mol. The van der Waals surface area contributed by atoms with Crippen LogP contribution in [0.3, 0.4) is 0 Å². The van der Waals surface area contributed by atoms with Gasteiger partial charge in [-0.15, -0.1) is 0 Å². The first-order chi connectivity index (χ1) is 5.20. The van der Waals surface area contributed by atoms with E-state index in [0.29, 0.717) is 12.3 Å². The minimum Gasteiger partial charge on any atom is -0.359 e. The molecule has 0 fully saturated rings. The highest BCUT2D eigenvalue weighted by molar-refractivity contribution is 5.75. The van der Waals surface area contributed by atoms with Crippen LogP contribution in [0, 0.1) is 5.92 Å². The first-order valence-electron chi connectivity index (χ1n) is 4.08. The molecule has 1 atom stereocenters. The standard InChI is InChI=1S/C9H17NO/c1-4-5-6-8(2)7-9(11)10-3/h5-6,8H,4,7H2,1-3H3,(H,10,11)/b6-5+/t8-/m0/s1. The van der Waals surface area contributed by atoms with Crippen molar-refractivity contribution in [2.75, 3.05) is 7.05 Å². The Bertz CT molecular complexity index is 140. The van der Waals surface area contributed by atoms with E-state index >= 15 is 0 Å². The van der Waals surface area contributed by atoms with Crippen LogP contribution in [-0.4, -0.2) is 13.0 Å². The molecule has 0 saturated carbocycles. The van der Waals surface area contributed by atoms with E-state index in [9.17, 15) is 4.79 Å². The Morgan fingerprint density at radius 1 is 1.64 bits per heavy atom. The Morgan fingerprint density at radius 2 is 2.27 bits per heavy atom. The Labute approximate surface area is 68.7 Å². The van der Waals surface area contributed by atoms with Gasteiger partial charge in [0.2, 0.25) is 5.91 Å². The minimum absolute atomic E-state index is 0.109. The van der Waals surface area contributed by atoms with Gasteiger partial charge in [-0.1, -0.05) is 26.0 Å². The van der Waals surface area contributed by atoms with E-state index in [-0.39, 0.29) is 5.91 Å². The van der Waals surface area contributed by atoms with Crippen molar-refractivity contribution in [3.63, 3.8) is 0 Å². The predicted molar refractivity (Wildman–Crippen MR) is 47.3 cm³/mol. The fourth-order valence-electron chi connectivity index (χ4n) is 0.831. The molecule has 11 heavy (non-hydrogen) atoms. The summed E-state index contributed by atoms with van der Waals surface area (Å²) >= 11 is 0. The van der Waals surface area contributed by atoms with E-state index in [1.807, 2.05) is 6.92 Å². The highest BCUT2D eigenvalue weighted by Gasteiger charge is 2.02. The lowest BCUT2D eigenvalue weighted by Crippen LogP contribution is -2.19. The smallest absolute Gasteiger partial charge is 0.220 e. The van der Waals surface area contributed by atoms with Gasteiger partial charge < -0.3 is 5.32 Å². The molecule has 2 nitrogen and oxygen atoms in total. The zero-order valence-corrected chi connectivity index (χ0v) is 7.55. The maximum atomic E-state index is 10.8. The molecule has 0 radical (unpaired) electrons. The van der Waals surface area contributed by atoms with Crippen molar-refractivity contribution in [1.82, 2.24) is 5.32 Å². The topological polar surface area (TPSA) is 29.1 Å². The van der Waals surface area contributed by atoms with Crippen LogP contribution >= 0.6 is 0 Å². The molecule has 0 saturated heterocycles. The van der Waals surface area contributed by atoms with Crippen LogP contribution in [0.25, 0.3) is 0 Å². The molecule has 0 bridgehead atoms. The maximum Gasteiger partial charge on any atom is 0.220 e. The molecule has 0 aromatic carbocycles. The highest BCUT2D eigenvalue weighted by atomic mass is 16.1. The zero-order chi connectivity index (χ0) is 8.69. The van der Waals surface area contributed by atoms with Crippen molar-refractivity contribution < 1.29 is 4.79 Å².